The highest BCUT2D eigenvalue weighted by Crippen LogP contribution is 2.35. The number of nitrogens with zero attached hydrogens (tertiary/aromatic N) is 1. The first kappa shape index (κ1) is 17.9. The van der Waals surface area contributed by atoms with Gasteiger partial charge in [0.25, 0.3) is 0 Å². The number of rotatable bonds is 4. The van der Waals surface area contributed by atoms with Gasteiger partial charge in [-0.2, -0.15) is 0 Å². The molecule has 4 nitrogen and oxygen atoms in total. The second kappa shape index (κ2) is 6.75. The van der Waals surface area contributed by atoms with Crippen molar-refractivity contribution in [3.05, 3.63) is 60.0 Å². The first-order valence-corrected chi connectivity index (χ1v) is 8.40. The minimum absolute atomic E-state index is 0.0515. The van der Waals surface area contributed by atoms with Crippen LogP contribution in [0.15, 0.2) is 48.7 Å². The van der Waals surface area contributed by atoms with E-state index in [4.69, 9.17) is 5.11 Å². The fourth-order valence-corrected chi connectivity index (χ4v) is 2.87. The molecule has 0 bridgehead atoms. The summed E-state index contributed by atoms with van der Waals surface area (Å²) in [6.45, 7) is 6.15. The zero-order valence-electron chi connectivity index (χ0n) is 15.0. The first-order chi connectivity index (χ1) is 12.3. The van der Waals surface area contributed by atoms with Crippen molar-refractivity contribution >= 4 is 22.6 Å². The molecule has 0 fully saturated rings. The van der Waals surface area contributed by atoms with Crippen LogP contribution in [-0.2, 0) is 10.2 Å². The second-order valence-electron chi connectivity index (χ2n) is 7.29. The fourth-order valence-electron chi connectivity index (χ4n) is 2.87. The number of benzene rings is 2. The highest BCUT2D eigenvalue weighted by Gasteiger charge is 2.17. The van der Waals surface area contributed by atoms with Crippen LogP contribution < -0.4 is 5.32 Å². The molecule has 0 aliphatic carbocycles. The Balaban J connectivity index is 2.20. The van der Waals surface area contributed by atoms with E-state index in [9.17, 15) is 9.18 Å². The van der Waals surface area contributed by atoms with E-state index in [1.165, 1.54) is 12.1 Å². The lowest BCUT2D eigenvalue weighted by Gasteiger charge is -2.21. The Kier molecular flexibility index (Phi) is 4.64. The number of carboxylic acids is 1. The van der Waals surface area contributed by atoms with Gasteiger partial charge in [-0.05, 0) is 40.1 Å². The number of halogens is 1. The normalized spacial score (nSPS) is 11.5. The van der Waals surface area contributed by atoms with E-state index in [1.807, 2.05) is 12.1 Å². The molecule has 3 rings (SSSR count). The summed E-state index contributed by atoms with van der Waals surface area (Å²) in [5, 5.41) is 13.6. The number of carbonyl (C=O) groups is 1. The molecule has 0 aliphatic heterocycles. The van der Waals surface area contributed by atoms with Gasteiger partial charge in [0.15, 0.2) is 0 Å². The van der Waals surface area contributed by atoms with Crippen molar-refractivity contribution in [1.82, 2.24) is 4.98 Å². The highest BCUT2D eigenvalue weighted by molar-refractivity contribution is 6.02. The number of hydrogen-bond donors (Lipinski definition) is 2. The molecule has 3 aromatic rings. The van der Waals surface area contributed by atoms with Crippen LogP contribution in [0.25, 0.3) is 21.9 Å². The number of fused-ring (bicyclic) bond motifs is 1. The number of anilines is 1. The molecular weight excluding hydrogens is 331 g/mol. The van der Waals surface area contributed by atoms with Crippen molar-refractivity contribution in [2.75, 3.05) is 11.9 Å². The van der Waals surface area contributed by atoms with Crippen molar-refractivity contribution < 1.29 is 14.3 Å². The maximum Gasteiger partial charge on any atom is 0.322 e. The summed E-state index contributed by atoms with van der Waals surface area (Å²) in [4.78, 5) is 15.4. The van der Waals surface area contributed by atoms with Crippen molar-refractivity contribution in [1.29, 1.82) is 0 Å². The molecule has 0 aliphatic rings. The number of carboxylic acid groups (broad SMARTS) is 1. The Morgan fingerprint density at radius 2 is 1.81 bits per heavy atom. The lowest BCUT2D eigenvalue weighted by molar-refractivity contribution is -0.134. The van der Waals surface area contributed by atoms with Crippen LogP contribution in [0.2, 0.25) is 0 Å². The lowest BCUT2D eigenvalue weighted by atomic mass is 9.85. The second-order valence-corrected chi connectivity index (χ2v) is 7.29. The summed E-state index contributed by atoms with van der Waals surface area (Å²) < 4.78 is 13.3. The summed E-state index contributed by atoms with van der Waals surface area (Å²) in [6, 6.07) is 12.4. The van der Waals surface area contributed by atoms with Crippen LogP contribution in [0.5, 0.6) is 0 Å². The molecule has 2 N–H and O–H groups in total. The fraction of sp³-hybridized carbons (Fsp3) is 0.238. The van der Waals surface area contributed by atoms with Gasteiger partial charge in [-0.25, -0.2) is 9.37 Å². The van der Waals surface area contributed by atoms with Crippen LogP contribution in [0, 0.1) is 5.82 Å². The van der Waals surface area contributed by atoms with Gasteiger partial charge in [0.05, 0.1) is 0 Å². The third-order valence-electron chi connectivity index (χ3n) is 4.32. The largest absolute Gasteiger partial charge is 0.480 e. The molecule has 1 aromatic heterocycles. The van der Waals surface area contributed by atoms with E-state index >= 15 is 0 Å². The molecule has 0 radical (unpaired) electrons. The number of nitrogens with one attached hydrogen (secondary N) is 1. The Labute approximate surface area is 151 Å². The SMILES string of the molecule is CC(C)(C)c1ccc2c(-c3ccc(F)cc3)cnc(NCC(=O)O)c2c1. The van der Waals surface area contributed by atoms with Gasteiger partial charge in [0, 0.05) is 17.1 Å². The van der Waals surface area contributed by atoms with E-state index in [0.29, 0.717) is 5.82 Å². The molecular formula is C21H21FN2O2. The molecule has 0 saturated heterocycles. The maximum atomic E-state index is 13.3. The van der Waals surface area contributed by atoms with Crippen LogP contribution in [-0.4, -0.2) is 22.6 Å². The quantitative estimate of drug-likeness (QED) is 0.706. The van der Waals surface area contributed by atoms with Crippen LogP contribution in [0.4, 0.5) is 10.2 Å². The molecule has 2 aromatic carbocycles. The number of aliphatic carboxylic acids is 1. The van der Waals surface area contributed by atoms with Crippen molar-refractivity contribution in [3.63, 3.8) is 0 Å². The van der Waals surface area contributed by atoms with Crippen LogP contribution >= 0.6 is 0 Å². The smallest absolute Gasteiger partial charge is 0.322 e. The third-order valence-corrected chi connectivity index (χ3v) is 4.32. The lowest BCUT2D eigenvalue weighted by Crippen LogP contribution is -2.14. The van der Waals surface area contributed by atoms with Gasteiger partial charge >= 0.3 is 5.97 Å². The summed E-state index contributed by atoms with van der Waals surface area (Å²) in [7, 11) is 0. The molecule has 5 heteroatoms. The van der Waals surface area contributed by atoms with Gasteiger partial charge < -0.3 is 10.4 Å². The third kappa shape index (κ3) is 3.67. The zero-order chi connectivity index (χ0) is 18.9. The maximum absolute atomic E-state index is 13.3. The van der Waals surface area contributed by atoms with E-state index in [-0.39, 0.29) is 17.8 Å². The van der Waals surface area contributed by atoms with Gasteiger partial charge in [0.1, 0.15) is 18.2 Å². The highest BCUT2D eigenvalue weighted by atomic mass is 19.1. The van der Waals surface area contributed by atoms with E-state index < -0.39 is 5.97 Å². The van der Waals surface area contributed by atoms with E-state index in [0.717, 1.165) is 27.5 Å². The minimum Gasteiger partial charge on any atom is -0.480 e. The topological polar surface area (TPSA) is 62.2 Å². The first-order valence-electron chi connectivity index (χ1n) is 8.40. The zero-order valence-corrected chi connectivity index (χ0v) is 15.0. The van der Waals surface area contributed by atoms with E-state index in [2.05, 4.69) is 37.1 Å². The molecule has 134 valence electrons. The van der Waals surface area contributed by atoms with Gasteiger partial charge in [-0.1, -0.05) is 45.0 Å². The summed E-state index contributed by atoms with van der Waals surface area (Å²) >= 11 is 0. The molecule has 0 saturated carbocycles. The molecule has 0 spiro atoms. The van der Waals surface area contributed by atoms with Crippen molar-refractivity contribution in [3.8, 4) is 11.1 Å². The molecule has 1 heterocycles. The Bertz CT molecular complexity index is 960. The predicted molar refractivity (Wildman–Crippen MR) is 102 cm³/mol. The summed E-state index contributed by atoms with van der Waals surface area (Å²) in [6.07, 6.45) is 1.69. The molecule has 26 heavy (non-hydrogen) atoms. The Hall–Kier alpha value is -2.95. The molecule has 0 amide bonds. The van der Waals surface area contributed by atoms with Gasteiger partial charge in [0.2, 0.25) is 0 Å². The van der Waals surface area contributed by atoms with Crippen LogP contribution in [0.3, 0.4) is 0 Å². The Morgan fingerprint density at radius 1 is 1.12 bits per heavy atom. The standard InChI is InChI=1S/C21H21FN2O2/c1-21(2,3)14-6-9-16-17(10-14)20(24-12-19(25)26)23-11-18(16)13-4-7-15(22)8-5-13/h4-11H,12H2,1-3H3,(H,23,24)(H,25,26). The van der Waals surface area contributed by atoms with E-state index in [1.54, 1.807) is 18.3 Å². The average Bonchev–Trinajstić information content (AvgIpc) is 2.59. The monoisotopic (exact) mass is 352 g/mol. The molecule has 0 atom stereocenters. The van der Waals surface area contributed by atoms with Crippen molar-refractivity contribution in [2.24, 2.45) is 0 Å². The number of aromatic nitrogens is 1. The van der Waals surface area contributed by atoms with Crippen LogP contribution in [0.1, 0.15) is 26.3 Å². The average molecular weight is 352 g/mol. The number of pyridine rings is 1. The number of hydrogen-bond acceptors (Lipinski definition) is 3. The predicted octanol–water partition coefficient (Wildman–Crippen LogP) is 4.83. The molecule has 0 unspecified atom stereocenters. The van der Waals surface area contributed by atoms with Gasteiger partial charge in [-0.3, -0.25) is 4.79 Å². The Morgan fingerprint density at radius 3 is 2.42 bits per heavy atom. The van der Waals surface area contributed by atoms with Crippen molar-refractivity contribution in [2.45, 2.75) is 26.2 Å². The summed E-state index contributed by atoms with van der Waals surface area (Å²) in [5.74, 6) is -0.713. The van der Waals surface area contributed by atoms with Gasteiger partial charge in [-0.15, -0.1) is 0 Å². The minimum atomic E-state index is -0.950. The summed E-state index contributed by atoms with van der Waals surface area (Å²) in [5.41, 5.74) is 2.81.